The first-order valence-corrected chi connectivity index (χ1v) is 10.1. The molecule has 5 rings (SSSR count). The SMILES string of the molecule is O=C(Cc1ccco1)NCc1cccc(-c2ccc3ncnc(NC4CC4)c3c2)c1. The highest BCUT2D eigenvalue weighted by Crippen LogP contribution is 2.30. The van der Waals surface area contributed by atoms with E-state index in [4.69, 9.17) is 4.42 Å². The molecule has 2 heterocycles. The van der Waals surface area contributed by atoms with Crippen LogP contribution in [0, 0.1) is 0 Å². The molecule has 6 nitrogen and oxygen atoms in total. The average Bonchev–Trinajstić information content (AvgIpc) is 3.45. The van der Waals surface area contributed by atoms with Gasteiger partial charge in [0.25, 0.3) is 0 Å². The Morgan fingerprint density at radius 3 is 2.77 bits per heavy atom. The number of carbonyl (C=O) groups is 1. The van der Waals surface area contributed by atoms with Gasteiger partial charge in [0, 0.05) is 18.0 Å². The summed E-state index contributed by atoms with van der Waals surface area (Å²) in [6.07, 6.45) is 5.82. The zero-order chi connectivity index (χ0) is 20.3. The van der Waals surface area contributed by atoms with Crippen LogP contribution < -0.4 is 10.6 Å². The van der Waals surface area contributed by atoms with Gasteiger partial charge in [-0.2, -0.15) is 0 Å². The molecule has 0 bridgehead atoms. The van der Waals surface area contributed by atoms with Crippen molar-refractivity contribution in [1.82, 2.24) is 15.3 Å². The van der Waals surface area contributed by atoms with Crippen molar-refractivity contribution in [2.24, 2.45) is 0 Å². The molecule has 0 aliphatic heterocycles. The molecule has 0 unspecified atom stereocenters. The van der Waals surface area contributed by atoms with Crippen molar-refractivity contribution < 1.29 is 9.21 Å². The van der Waals surface area contributed by atoms with Gasteiger partial charge in [0.15, 0.2) is 0 Å². The fraction of sp³-hybridized carbons (Fsp3) is 0.208. The van der Waals surface area contributed by atoms with Crippen molar-refractivity contribution in [2.45, 2.75) is 31.8 Å². The summed E-state index contributed by atoms with van der Waals surface area (Å²) in [7, 11) is 0. The van der Waals surface area contributed by atoms with E-state index in [-0.39, 0.29) is 12.3 Å². The third kappa shape index (κ3) is 4.17. The monoisotopic (exact) mass is 398 g/mol. The number of nitrogens with one attached hydrogen (secondary N) is 2. The molecule has 2 aromatic heterocycles. The zero-order valence-electron chi connectivity index (χ0n) is 16.5. The highest BCUT2D eigenvalue weighted by atomic mass is 16.3. The minimum absolute atomic E-state index is 0.0611. The predicted octanol–water partition coefficient (Wildman–Crippen LogP) is 4.32. The highest BCUT2D eigenvalue weighted by Gasteiger charge is 2.22. The number of hydrogen-bond acceptors (Lipinski definition) is 5. The van der Waals surface area contributed by atoms with Crippen molar-refractivity contribution in [1.29, 1.82) is 0 Å². The topological polar surface area (TPSA) is 80.1 Å². The predicted molar refractivity (Wildman–Crippen MR) is 116 cm³/mol. The maximum Gasteiger partial charge on any atom is 0.227 e. The summed E-state index contributed by atoms with van der Waals surface area (Å²) in [5, 5.41) is 7.47. The van der Waals surface area contributed by atoms with Crippen LogP contribution in [0.25, 0.3) is 22.0 Å². The summed E-state index contributed by atoms with van der Waals surface area (Å²) in [6.45, 7) is 0.471. The molecule has 150 valence electrons. The van der Waals surface area contributed by atoms with Gasteiger partial charge in [0.1, 0.15) is 17.9 Å². The molecule has 1 aliphatic carbocycles. The molecule has 6 heteroatoms. The molecule has 0 saturated heterocycles. The van der Waals surface area contributed by atoms with E-state index in [1.165, 1.54) is 12.8 Å². The number of benzene rings is 2. The van der Waals surface area contributed by atoms with Gasteiger partial charge < -0.3 is 15.1 Å². The van der Waals surface area contributed by atoms with E-state index >= 15 is 0 Å². The Balaban J connectivity index is 1.34. The number of carbonyl (C=O) groups excluding carboxylic acids is 1. The van der Waals surface area contributed by atoms with Crippen molar-refractivity contribution in [3.63, 3.8) is 0 Å². The van der Waals surface area contributed by atoms with E-state index in [1.807, 2.05) is 18.2 Å². The van der Waals surface area contributed by atoms with E-state index in [2.05, 4.69) is 44.9 Å². The Labute approximate surface area is 174 Å². The van der Waals surface area contributed by atoms with Crippen LogP contribution in [0.5, 0.6) is 0 Å². The van der Waals surface area contributed by atoms with Gasteiger partial charge in [-0.3, -0.25) is 4.79 Å². The van der Waals surface area contributed by atoms with Crippen LogP contribution in [0.2, 0.25) is 0 Å². The molecular weight excluding hydrogens is 376 g/mol. The number of furan rings is 1. The Morgan fingerprint density at radius 1 is 1.03 bits per heavy atom. The Bertz CT molecular complexity index is 1180. The molecule has 1 fully saturated rings. The fourth-order valence-electron chi connectivity index (χ4n) is 3.47. The fourth-order valence-corrected chi connectivity index (χ4v) is 3.47. The number of aromatic nitrogens is 2. The summed E-state index contributed by atoms with van der Waals surface area (Å²) in [5.41, 5.74) is 4.16. The second-order valence-electron chi connectivity index (χ2n) is 7.61. The van der Waals surface area contributed by atoms with Crippen molar-refractivity contribution in [3.8, 4) is 11.1 Å². The summed E-state index contributed by atoms with van der Waals surface area (Å²) in [5.74, 6) is 1.50. The van der Waals surface area contributed by atoms with Crippen LogP contribution in [-0.4, -0.2) is 21.9 Å². The maximum atomic E-state index is 12.1. The summed E-state index contributed by atoms with van der Waals surface area (Å²) >= 11 is 0. The van der Waals surface area contributed by atoms with E-state index < -0.39 is 0 Å². The standard InChI is InChI=1S/C24H22N4O2/c29-23(13-20-5-2-10-30-20)25-14-16-3-1-4-17(11-16)18-6-9-22-21(12-18)24(27-15-26-22)28-19-7-8-19/h1-6,9-12,15,19H,7-8,13-14H2,(H,25,29)(H,26,27,28). The van der Waals surface area contributed by atoms with Crippen LogP contribution in [0.4, 0.5) is 5.82 Å². The minimum Gasteiger partial charge on any atom is -0.469 e. The molecule has 2 N–H and O–H groups in total. The lowest BCUT2D eigenvalue weighted by atomic mass is 10.0. The first kappa shape index (κ1) is 18.4. The lowest BCUT2D eigenvalue weighted by Crippen LogP contribution is -2.24. The van der Waals surface area contributed by atoms with Crippen molar-refractivity contribution in [3.05, 3.63) is 78.5 Å². The third-order valence-corrected chi connectivity index (χ3v) is 5.22. The van der Waals surface area contributed by atoms with E-state index in [9.17, 15) is 4.79 Å². The molecule has 1 amide bonds. The summed E-state index contributed by atoms with van der Waals surface area (Å²) in [6, 6.07) is 18.6. The van der Waals surface area contributed by atoms with Crippen LogP contribution in [0.1, 0.15) is 24.2 Å². The van der Waals surface area contributed by atoms with Gasteiger partial charge in [-0.25, -0.2) is 9.97 Å². The van der Waals surface area contributed by atoms with Crippen LogP contribution in [0.15, 0.2) is 71.6 Å². The molecule has 1 saturated carbocycles. The zero-order valence-corrected chi connectivity index (χ0v) is 16.5. The summed E-state index contributed by atoms with van der Waals surface area (Å²) in [4.78, 5) is 21.0. The highest BCUT2D eigenvalue weighted by molar-refractivity contribution is 5.92. The molecule has 4 aromatic rings. The van der Waals surface area contributed by atoms with E-state index in [1.54, 1.807) is 24.7 Å². The molecular formula is C24H22N4O2. The quantitative estimate of drug-likeness (QED) is 0.485. The number of amides is 1. The smallest absolute Gasteiger partial charge is 0.227 e. The minimum atomic E-state index is -0.0611. The normalized spacial score (nSPS) is 13.3. The van der Waals surface area contributed by atoms with Crippen molar-refractivity contribution >= 4 is 22.6 Å². The average molecular weight is 398 g/mol. The number of nitrogens with zero attached hydrogens (tertiary/aromatic N) is 2. The van der Waals surface area contributed by atoms with Gasteiger partial charge in [-0.15, -0.1) is 0 Å². The van der Waals surface area contributed by atoms with E-state index in [0.717, 1.165) is 33.4 Å². The number of rotatable bonds is 7. The second kappa shape index (κ2) is 7.99. The number of hydrogen-bond donors (Lipinski definition) is 2. The Hall–Kier alpha value is -3.67. The van der Waals surface area contributed by atoms with Gasteiger partial charge in [0.2, 0.25) is 5.91 Å². The molecule has 30 heavy (non-hydrogen) atoms. The largest absolute Gasteiger partial charge is 0.469 e. The van der Waals surface area contributed by atoms with E-state index in [0.29, 0.717) is 18.3 Å². The molecule has 2 aromatic carbocycles. The summed E-state index contributed by atoms with van der Waals surface area (Å²) < 4.78 is 5.23. The van der Waals surface area contributed by atoms with Crippen molar-refractivity contribution in [2.75, 3.05) is 5.32 Å². The number of fused-ring (bicyclic) bond motifs is 1. The van der Waals surface area contributed by atoms with Gasteiger partial charge >= 0.3 is 0 Å². The molecule has 0 spiro atoms. The maximum absolute atomic E-state index is 12.1. The number of anilines is 1. The third-order valence-electron chi connectivity index (χ3n) is 5.22. The van der Waals surface area contributed by atoms with Gasteiger partial charge in [-0.1, -0.05) is 24.3 Å². The first-order chi connectivity index (χ1) is 14.7. The van der Waals surface area contributed by atoms with Gasteiger partial charge in [0.05, 0.1) is 18.2 Å². The lowest BCUT2D eigenvalue weighted by Gasteiger charge is -2.10. The molecule has 0 atom stereocenters. The second-order valence-corrected chi connectivity index (χ2v) is 7.61. The molecule has 1 aliphatic rings. The first-order valence-electron chi connectivity index (χ1n) is 10.1. The van der Waals surface area contributed by atoms with Crippen LogP contribution in [0.3, 0.4) is 0 Å². The van der Waals surface area contributed by atoms with Crippen LogP contribution in [-0.2, 0) is 17.8 Å². The van der Waals surface area contributed by atoms with Gasteiger partial charge in [-0.05, 0) is 59.9 Å². The Kier molecular flexibility index (Phi) is 4.89. The lowest BCUT2D eigenvalue weighted by molar-refractivity contribution is -0.120. The van der Waals surface area contributed by atoms with Crippen LogP contribution >= 0.6 is 0 Å². The Morgan fingerprint density at radius 2 is 1.93 bits per heavy atom. The molecule has 0 radical (unpaired) electrons.